The molecule has 0 aromatic rings. The minimum atomic E-state index is 0.826. The highest BCUT2D eigenvalue weighted by Crippen LogP contribution is 2.27. The summed E-state index contributed by atoms with van der Waals surface area (Å²) in [7, 11) is 2.34. The Hall–Kier alpha value is -0.0800. The monoisotopic (exact) mass is 238 g/mol. The zero-order valence-corrected chi connectivity index (χ0v) is 11.8. The molecule has 1 N–H and O–H groups in total. The molecule has 2 heteroatoms. The smallest absolute Gasteiger partial charge is 0.0118 e. The van der Waals surface area contributed by atoms with Gasteiger partial charge in [-0.15, -0.1) is 0 Å². The minimum Gasteiger partial charge on any atom is -0.314 e. The highest BCUT2D eigenvalue weighted by atomic mass is 15.1. The fourth-order valence-corrected chi connectivity index (χ4v) is 3.71. The molecule has 0 aromatic carbocycles. The van der Waals surface area contributed by atoms with E-state index in [1.165, 1.54) is 64.5 Å². The topological polar surface area (TPSA) is 15.3 Å². The fraction of sp³-hybridized carbons (Fsp3) is 1.00. The van der Waals surface area contributed by atoms with Crippen molar-refractivity contribution in [2.24, 2.45) is 5.92 Å². The molecular weight excluding hydrogens is 208 g/mol. The van der Waals surface area contributed by atoms with Crippen molar-refractivity contribution in [2.75, 3.05) is 20.1 Å². The highest BCUT2D eigenvalue weighted by molar-refractivity contribution is 4.80. The molecule has 2 rings (SSSR count). The van der Waals surface area contributed by atoms with Gasteiger partial charge in [0.05, 0.1) is 0 Å². The Morgan fingerprint density at radius 2 is 1.94 bits per heavy atom. The van der Waals surface area contributed by atoms with E-state index in [1.807, 2.05) is 0 Å². The van der Waals surface area contributed by atoms with Crippen LogP contribution in [0.5, 0.6) is 0 Å². The van der Waals surface area contributed by atoms with Crippen molar-refractivity contribution in [3.05, 3.63) is 0 Å². The van der Waals surface area contributed by atoms with Crippen molar-refractivity contribution in [1.82, 2.24) is 10.2 Å². The molecule has 1 saturated heterocycles. The van der Waals surface area contributed by atoms with Gasteiger partial charge in [0.25, 0.3) is 0 Å². The van der Waals surface area contributed by atoms with E-state index in [-0.39, 0.29) is 0 Å². The lowest BCUT2D eigenvalue weighted by Crippen LogP contribution is -2.39. The summed E-state index contributed by atoms with van der Waals surface area (Å²) >= 11 is 0. The van der Waals surface area contributed by atoms with Crippen LogP contribution in [0.25, 0.3) is 0 Å². The van der Waals surface area contributed by atoms with Gasteiger partial charge in [-0.1, -0.05) is 19.8 Å². The third kappa shape index (κ3) is 3.96. The summed E-state index contributed by atoms with van der Waals surface area (Å²) in [5, 5.41) is 3.60. The number of nitrogens with one attached hydrogen (secondary N) is 1. The average Bonchev–Trinajstić information content (AvgIpc) is 2.82. The molecule has 0 aromatic heterocycles. The third-order valence-electron chi connectivity index (χ3n) is 4.86. The van der Waals surface area contributed by atoms with Gasteiger partial charge >= 0.3 is 0 Å². The Labute approximate surface area is 107 Å². The molecule has 0 radical (unpaired) electrons. The summed E-state index contributed by atoms with van der Waals surface area (Å²) in [6, 6.07) is 1.69. The Balaban J connectivity index is 1.63. The number of rotatable bonds is 5. The number of nitrogens with zero attached hydrogens (tertiary/aromatic N) is 1. The highest BCUT2D eigenvalue weighted by Gasteiger charge is 2.24. The molecule has 0 bridgehead atoms. The second-order valence-corrected chi connectivity index (χ2v) is 6.25. The average molecular weight is 238 g/mol. The molecule has 0 amide bonds. The standard InChI is InChI=1S/C15H30N2/c1-13-7-3-4-10-15(13)17(2)12-6-9-14-8-5-11-16-14/h13-16H,3-12H2,1-2H3. The molecule has 2 aliphatic rings. The zero-order valence-electron chi connectivity index (χ0n) is 11.8. The molecule has 2 fully saturated rings. The van der Waals surface area contributed by atoms with Crippen molar-refractivity contribution in [3.63, 3.8) is 0 Å². The lowest BCUT2D eigenvalue weighted by Gasteiger charge is -2.36. The number of hydrogen-bond acceptors (Lipinski definition) is 2. The zero-order chi connectivity index (χ0) is 12.1. The lowest BCUT2D eigenvalue weighted by atomic mass is 9.85. The van der Waals surface area contributed by atoms with Crippen molar-refractivity contribution in [3.8, 4) is 0 Å². The van der Waals surface area contributed by atoms with Crippen LogP contribution in [0.4, 0.5) is 0 Å². The van der Waals surface area contributed by atoms with Gasteiger partial charge in [-0.25, -0.2) is 0 Å². The third-order valence-corrected chi connectivity index (χ3v) is 4.86. The molecule has 17 heavy (non-hydrogen) atoms. The van der Waals surface area contributed by atoms with Gasteiger partial charge < -0.3 is 10.2 Å². The van der Waals surface area contributed by atoms with E-state index < -0.39 is 0 Å². The fourth-order valence-electron chi connectivity index (χ4n) is 3.71. The van der Waals surface area contributed by atoms with Gasteiger partial charge in [-0.2, -0.15) is 0 Å². The van der Waals surface area contributed by atoms with E-state index in [0.29, 0.717) is 0 Å². The van der Waals surface area contributed by atoms with Gasteiger partial charge in [0.2, 0.25) is 0 Å². The number of hydrogen-bond donors (Lipinski definition) is 1. The predicted molar refractivity (Wildman–Crippen MR) is 74.3 cm³/mol. The largest absolute Gasteiger partial charge is 0.314 e. The van der Waals surface area contributed by atoms with E-state index in [1.54, 1.807) is 0 Å². The summed E-state index contributed by atoms with van der Waals surface area (Å²) in [6.45, 7) is 4.99. The first kappa shape index (κ1) is 13.4. The summed E-state index contributed by atoms with van der Waals surface area (Å²) in [5.74, 6) is 0.915. The second kappa shape index (κ2) is 6.75. The maximum Gasteiger partial charge on any atom is 0.0118 e. The molecule has 2 nitrogen and oxygen atoms in total. The van der Waals surface area contributed by atoms with E-state index in [0.717, 1.165) is 18.0 Å². The van der Waals surface area contributed by atoms with Gasteiger partial charge in [0.15, 0.2) is 0 Å². The van der Waals surface area contributed by atoms with E-state index in [9.17, 15) is 0 Å². The normalized spacial score (nSPS) is 34.4. The van der Waals surface area contributed by atoms with Crippen LogP contribution in [0.1, 0.15) is 58.3 Å². The van der Waals surface area contributed by atoms with E-state index >= 15 is 0 Å². The van der Waals surface area contributed by atoms with Crippen LogP contribution >= 0.6 is 0 Å². The van der Waals surface area contributed by atoms with Crippen LogP contribution in [-0.4, -0.2) is 37.1 Å². The van der Waals surface area contributed by atoms with E-state index in [2.05, 4.69) is 24.2 Å². The molecule has 1 saturated carbocycles. The first-order chi connectivity index (χ1) is 8.27. The van der Waals surface area contributed by atoms with Gasteiger partial charge in [0.1, 0.15) is 0 Å². The van der Waals surface area contributed by atoms with Crippen LogP contribution in [0, 0.1) is 5.92 Å². The molecule has 1 aliphatic heterocycles. The van der Waals surface area contributed by atoms with Crippen LogP contribution in [0.3, 0.4) is 0 Å². The molecular formula is C15H30N2. The molecule has 1 aliphatic carbocycles. The summed E-state index contributed by atoms with van der Waals surface area (Å²) in [5.41, 5.74) is 0. The summed E-state index contributed by atoms with van der Waals surface area (Å²) < 4.78 is 0. The van der Waals surface area contributed by atoms with Crippen LogP contribution in [-0.2, 0) is 0 Å². The summed E-state index contributed by atoms with van der Waals surface area (Å²) in [6.07, 6.45) is 11.3. The molecule has 1 heterocycles. The van der Waals surface area contributed by atoms with Crippen molar-refractivity contribution in [1.29, 1.82) is 0 Å². The Kier molecular flexibility index (Phi) is 5.30. The van der Waals surface area contributed by atoms with E-state index in [4.69, 9.17) is 0 Å². The minimum absolute atomic E-state index is 0.826. The second-order valence-electron chi connectivity index (χ2n) is 6.25. The first-order valence-corrected chi connectivity index (χ1v) is 7.71. The van der Waals surface area contributed by atoms with Crippen molar-refractivity contribution < 1.29 is 0 Å². The van der Waals surface area contributed by atoms with Crippen molar-refractivity contribution in [2.45, 2.75) is 70.4 Å². The van der Waals surface area contributed by atoms with Crippen molar-refractivity contribution >= 4 is 0 Å². The maximum atomic E-state index is 3.60. The predicted octanol–water partition coefficient (Wildman–Crippen LogP) is 3.03. The van der Waals surface area contributed by atoms with Crippen LogP contribution in [0.2, 0.25) is 0 Å². The van der Waals surface area contributed by atoms with Gasteiger partial charge in [-0.05, 0) is 64.6 Å². The first-order valence-electron chi connectivity index (χ1n) is 7.71. The Morgan fingerprint density at radius 1 is 1.12 bits per heavy atom. The Morgan fingerprint density at radius 3 is 2.65 bits per heavy atom. The molecule has 0 spiro atoms. The molecule has 3 unspecified atom stereocenters. The van der Waals surface area contributed by atoms with Crippen LogP contribution in [0.15, 0.2) is 0 Å². The molecule has 100 valence electrons. The SMILES string of the molecule is CC1CCCCC1N(C)CCCC1CCCN1. The van der Waals surface area contributed by atoms with Gasteiger partial charge in [0, 0.05) is 12.1 Å². The van der Waals surface area contributed by atoms with Crippen LogP contribution < -0.4 is 5.32 Å². The summed E-state index contributed by atoms with van der Waals surface area (Å²) in [4.78, 5) is 2.64. The maximum absolute atomic E-state index is 3.60. The molecule has 3 atom stereocenters. The Bertz CT molecular complexity index is 211. The quantitative estimate of drug-likeness (QED) is 0.792. The lowest BCUT2D eigenvalue weighted by molar-refractivity contribution is 0.137. The van der Waals surface area contributed by atoms with Gasteiger partial charge in [-0.3, -0.25) is 0 Å².